The molecular formula is C16H17ClF4N2S. The van der Waals surface area contributed by atoms with Crippen molar-refractivity contribution in [3.05, 3.63) is 57.5 Å². The molecule has 24 heavy (non-hydrogen) atoms. The molecule has 0 saturated carbocycles. The lowest BCUT2D eigenvalue weighted by Gasteiger charge is -2.36. The van der Waals surface area contributed by atoms with Crippen molar-refractivity contribution in [1.29, 1.82) is 0 Å². The number of thiophene rings is 1. The van der Waals surface area contributed by atoms with Gasteiger partial charge in [0, 0.05) is 36.6 Å². The maximum absolute atomic E-state index is 14.4. The van der Waals surface area contributed by atoms with Gasteiger partial charge in [-0.05, 0) is 23.6 Å². The molecule has 1 aliphatic rings. The number of rotatable bonds is 3. The summed E-state index contributed by atoms with van der Waals surface area (Å²) in [5.41, 5.74) is -1.17. The van der Waals surface area contributed by atoms with Gasteiger partial charge < -0.3 is 5.32 Å². The highest BCUT2D eigenvalue weighted by atomic mass is 35.5. The van der Waals surface area contributed by atoms with Crippen molar-refractivity contribution in [2.45, 2.75) is 12.2 Å². The van der Waals surface area contributed by atoms with Crippen LogP contribution in [-0.4, -0.2) is 31.1 Å². The molecule has 0 radical (unpaired) electrons. The molecule has 1 N–H and O–H groups in total. The fourth-order valence-corrected chi connectivity index (χ4v) is 3.82. The summed E-state index contributed by atoms with van der Waals surface area (Å²) in [6.45, 7) is 2.51. The lowest BCUT2D eigenvalue weighted by molar-refractivity contribution is -0.138. The number of hydrogen-bond donors (Lipinski definition) is 1. The van der Waals surface area contributed by atoms with E-state index in [-0.39, 0.29) is 18.0 Å². The molecule has 0 unspecified atom stereocenters. The van der Waals surface area contributed by atoms with Gasteiger partial charge in [0.15, 0.2) is 0 Å². The molecule has 1 aromatic heterocycles. The van der Waals surface area contributed by atoms with E-state index in [0.29, 0.717) is 26.2 Å². The largest absolute Gasteiger partial charge is 0.416 e. The van der Waals surface area contributed by atoms with Gasteiger partial charge in [-0.25, -0.2) is 4.39 Å². The Kier molecular flexibility index (Phi) is 6.25. The molecule has 2 nitrogen and oxygen atoms in total. The normalized spacial score (nSPS) is 17.3. The van der Waals surface area contributed by atoms with E-state index < -0.39 is 23.6 Å². The molecule has 132 valence electrons. The Morgan fingerprint density at radius 1 is 1.08 bits per heavy atom. The first-order chi connectivity index (χ1) is 11.0. The van der Waals surface area contributed by atoms with Crippen molar-refractivity contribution < 1.29 is 17.6 Å². The van der Waals surface area contributed by atoms with E-state index in [0.717, 1.165) is 23.1 Å². The van der Waals surface area contributed by atoms with Crippen LogP contribution in [0.2, 0.25) is 0 Å². The van der Waals surface area contributed by atoms with Gasteiger partial charge in [0.2, 0.25) is 0 Å². The van der Waals surface area contributed by atoms with Crippen molar-refractivity contribution in [3.8, 4) is 0 Å². The van der Waals surface area contributed by atoms with Crippen LogP contribution in [0.5, 0.6) is 0 Å². The molecular weight excluding hydrogens is 364 g/mol. The summed E-state index contributed by atoms with van der Waals surface area (Å²) < 4.78 is 54.7. The molecule has 1 aromatic carbocycles. The first kappa shape index (κ1) is 19.2. The summed E-state index contributed by atoms with van der Waals surface area (Å²) in [4.78, 5) is 2.64. The van der Waals surface area contributed by atoms with Crippen molar-refractivity contribution in [2.75, 3.05) is 26.2 Å². The fraction of sp³-hybridized carbons (Fsp3) is 0.375. The molecule has 1 saturated heterocycles. The Morgan fingerprint density at radius 2 is 1.79 bits per heavy atom. The van der Waals surface area contributed by atoms with Gasteiger partial charge in [-0.1, -0.05) is 12.1 Å². The first-order valence-corrected chi connectivity index (χ1v) is 8.20. The lowest BCUT2D eigenvalue weighted by Crippen LogP contribution is -2.45. The molecule has 1 fully saturated rings. The molecule has 0 aliphatic carbocycles. The van der Waals surface area contributed by atoms with E-state index in [1.54, 1.807) is 17.5 Å². The topological polar surface area (TPSA) is 15.3 Å². The second-order valence-corrected chi connectivity index (χ2v) is 6.38. The third-order valence-electron chi connectivity index (χ3n) is 3.96. The molecule has 1 atom stereocenters. The Bertz CT molecular complexity index is 655. The quantitative estimate of drug-likeness (QED) is 0.798. The van der Waals surface area contributed by atoms with Crippen molar-refractivity contribution in [2.24, 2.45) is 0 Å². The van der Waals surface area contributed by atoms with Crippen LogP contribution in [0, 0.1) is 5.82 Å². The van der Waals surface area contributed by atoms with E-state index in [9.17, 15) is 17.6 Å². The Balaban J connectivity index is 0.00000208. The van der Waals surface area contributed by atoms with Gasteiger partial charge in [0.05, 0.1) is 11.6 Å². The van der Waals surface area contributed by atoms with Crippen molar-refractivity contribution >= 4 is 23.7 Å². The minimum absolute atomic E-state index is 0. The highest BCUT2D eigenvalue weighted by molar-refractivity contribution is 7.10. The maximum Gasteiger partial charge on any atom is 0.416 e. The summed E-state index contributed by atoms with van der Waals surface area (Å²) in [6, 6.07) is 6.02. The summed E-state index contributed by atoms with van der Waals surface area (Å²) in [6.07, 6.45) is -4.58. The number of hydrogen-bond acceptors (Lipinski definition) is 3. The summed E-state index contributed by atoms with van der Waals surface area (Å²) >= 11 is 1.35. The Hall–Kier alpha value is -1.15. The summed E-state index contributed by atoms with van der Waals surface area (Å²) in [7, 11) is 0. The SMILES string of the molecule is Cl.Fc1cccc(C(F)(F)F)c1[C@H](c1cccs1)N1CCNCC1. The fourth-order valence-electron chi connectivity index (χ4n) is 2.95. The second kappa shape index (κ2) is 7.82. The summed E-state index contributed by atoms with van der Waals surface area (Å²) in [5, 5.41) is 4.98. The minimum Gasteiger partial charge on any atom is -0.314 e. The zero-order chi connectivity index (χ0) is 16.4. The number of nitrogens with one attached hydrogen (secondary N) is 1. The number of benzene rings is 1. The van der Waals surface area contributed by atoms with Crippen LogP contribution in [0.25, 0.3) is 0 Å². The third-order valence-corrected chi connectivity index (χ3v) is 4.89. The molecule has 2 heterocycles. The van der Waals surface area contributed by atoms with E-state index in [2.05, 4.69) is 5.32 Å². The average molecular weight is 381 g/mol. The van der Waals surface area contributed by atoms with Crippen molar-refractivity contribution in [3.63, 3.8) is 0 Å². The van der Waals surface area contributed by atoms with Gasteiger partial charge in [0.25, 0.3) is 0 Å². The molecule has 8 heteroatoms. The monoisotopic (exact) mass is 380 g/mol. The van der Waals surface area contributed by atoms with Gasteiger partial charge in [-0.2, -0.15) is 13.2 Å². The standard InChI is InChI=1S/C16H16F4N2S.ClH/c17-12-4-1-3-11(16(18,19)20)14(12)15(13-5-2-10-23-13)22-8-6-21-7-9-22;/h1-5,10,15,21H,6-9H2;1H/t15-;/m0./s1. The number of piperazine rings is 1. The molecule has 0 amide bonds. The predicted octanol–water partition coefficient (Wildman–Crippen LogP) is 4.32. The highest BCUT2D eigenvalue weighted by Crippen LogP contribution is 2.41. The average Bonchev–Trinajstić information content (AvgIpc) is 3.03. The number of halogens is 5. The Morgan fingerprint density at radius 3 is 2.38 bits per heavy atom. The minimum atomic E-state index is -4.58. The molecule has 0 bridgehead atoms. The van der Waals surface area contributed by atoms with Crippen LogP contribution in [0.4, 0.5) is 17.6 Å². The maximum atomic E-state index is 14.4. The van der Waals surface area contributed by atoms with Gasteiger partial charge in [0.1, 0.15) is 5.82 Å². The first-order valence-electron chi connectivity index (χ1n) is 7.32. The van der Waals surface area contributed by atoms with Gasteiger partial charge in [-0.15, -0.1) is 23.7 Å². The second-order valence-electron chi connectivity index (χ2n) is 5.40. The van der Waals surface area contributed by atoms with Gasteiger partial charge >= 0.3 is 6.18 Å². The predicted molar refractivity (Wildman–Crippen MR) is 89.3 cm³/mol. The van der Waals surface area contributed by atoms with Crippen LogP contribution in [0.3, 0.4) is 0 Å². The molecule has 3 rings (SSSR count). The molecule has 0 spiro atoms. The van der Waals surface area contributed by atoms with Crippen LogP contribution in [0.1, 0.15) is 22.0 Å². The number of alkyl halides is 3. The zero-order valence-corrected chi connectivity index (χ0v) is 14.3. The van der Waals surface area contributed by atoms with E-state index in [4.69, 9.17) is 0 Å². The van der Waals surface area contributed by atoms with Crippen LogP contribution in [-0.2, 0) is 6.18 Å². The lowest BCUT2D eigenvalue weighted by atomic mass is 9.96. The molecule has 2 aromatic rings. The van der Waals surface area contributed by atoms with Crippen LogP contribution >= 0.6 is 23.7 Å². The highest BCUT2D eigenvalue weighted by Gasteiger charge is 2.39. The van der Waals surface area contributed by atoms with E-state index >= 15 is 0 Å². The van der Waals surface area contributed by atoms with E-state index in [1.807, 2.05) is 4.90 Å². The third kappa shape index (κ3) is 3.91. The van der Waals surface area contributed by atoms with Crippen molar-refractivity contribution in [1.82, 2.24) is 10.2 Å². The molecule has 1 aliphatic heterocycles. The Labute approximate surface area is 147 Å². The smallest absolute Gasteiger partial charge is 0.314 e. The number of nitrogens with zero attached hydrogens (tertiary/aromatic N) is 1. The zero-order valence-electron chi connectivity index (χ0n) is 12.6. The van der Waals surface area contributed by atoms with Gasteiger partial charge in [-0.3, -0.25) is 4.90 Å². The van der Waals surface area contributed by atoms with E-state index in [1.165, 1.54) is 11.3 Å². The van der Waals surface area contributed by atoms with Crippen LogP contribution in [0.15, 0.2) is 35.7 Å². The summed E-state index contributed by atoms with van der Waals surface area (Å²) in [5.74, 6) is -0.809. The van der Waals surface area contributed by atoms with Crippen LogP contribution < -0.4 is 5.32 Å².